The van der Waals surface area contributed by atoms with Crippen molar-refractivity contribution in [3.63, 3.8) is 0 Å². The van der Waals surface area contributed by atoms with Gasteiger partial charge in [0.2, 0.25) is 5.82 Å². The molecule has 0 saturated heterocycles. The lowest BCUT2D eigenvalue weighted by molar-refractivity contribution is -0.408. The van der Waals surface area contributed by atoms with Gasteiger partial charge >= 0.3 is 29.7 Å². The SMILES string of the molecule is FC1(F)c2ncnn2C(F)(F)C(F)(F)C(F)(F)C1(F)F. The number of nitrogens with zero attached hydrogens (tertiary/aromatic N) is 3. The first kappa shape index (κ1) is 14.8. The molecule has 0 aliphatic carbocycles. The van der Waals surface area contributed by atoms with E-state index in [9.17, 15) is 43.9 Å². The van der Waals surface area contributed by atoms with Gasteiger partial charge in [0.05, 0.1) is 0 Å². The first-order chi connectivity index (χ1) is 8.73. The van der Waals surface area contributed by atoms with Crippen LogP contribution in [0.3, 0.4) is 0 Å². The second-order valence-corrected chi connectivity index (χ2v) is 3.83. The summed E-state index contributed by atoms with van der Waals surface area (Å²) in [7, 11) is 0. The second kappa shape index (κ2) is 3.36. The van der Waals surface area contributed by atoms with Crippen molar-refractivity contribution in [2.45, 2.75) is 29.7 Å². The Kier molecular flexibility index (Phi) is 2.50. The highest BCUT2D eigenvalue weighted by atomic mass is 19.4. The van der Waals surface area contributed by atoms with E-state index in [2.05, 4.69) is 10.1 Å². The molecular formula is C7HF10N3. The van der Waals surface area contributed by atoms with Gasteiger partial charge in [0.25, 0.3) is 0 Å². The molecule has 13 heteroatoms. The highest BCUT2D eigenvalue weighted by Gasteiger charge is 2.90. The quantitative estimate of drug-likeness (QED) is 0.689. The fraction of sp³-hybridized carbons (Fsp3) is 0.714. The van der Waals surface area contributed by atoms with E-state index in [0.717, 1.165) is 0 Å². The van der Waals surface area contributed by atoms with Crippen molar-refractivity contribution in [2.24, 2.45) is 0 Å². The summed E-state index contributed by atoms with van der Waals surface area (Å²) in [5.41, 5.74) is 0. The van der Waals surface area contributed by atoms with Crippen LogP contribution >= 0.6 is 0 Å². The Balaban J connectivity index is 2.92. The third-order valence-corrected chi connectivity index (χ3v) is 2.66. The van der Waals surface area contributed by atoms with Gasteiger partial charge < -0.3 is 0 Å². The number of halogens is 10. The molecule has 2 heterocycles. The number of hydrogen-bond acceptors (Lipinski definition) is 2. The standard InChI is InChI=1S/C7HF10N3/c8-3(9)2-18-1-19-20(2)7(16,17)6(14,15)5(12,13)4(3,10)11/h1H. The molecule has 0 atom stereocenters. The van der Waals surface area contributed by atoms with Crippen LogP contribution < -0.4 is 0 Å². The van der Waals surface area contributed by atoms with E-state index in [1.54, 1.807) is 0 Å². The van der Waals surface area contributed by atoms with Gasteiger partial charge in [-0.25, -0.2) is 4.98 Å². The highest BCUT2D eigenvalue weighted by Crippen LogP contribution is 2.62. The summed E-state index contributed by atoms with van der Waals surface area (Å²) in [5, 5.41) is 2.22. The highest BCUT2D eigenvalue weighted by molar-refractivity contribution is 5.17. The molecule has 0 bridgehead atoms. The molecule has 20 heavy (non-hydrogen) atoms. The van der Waals surface area contributed by atoms with E-state index in [4.69, 9.17) is 0 Å². The molecule has 1 aromatic rings. The largest absolute Gasteiger partial charge is 0.414 e. The first-order valence-corrected chi connectivity index (χ1v) is 4.53. The summed E-state index contributed by atoms with van der Waals surface area (Å²) in [6.07, 6.45) is -0.160. The molecule has 0 unspecified atom stereocenters. The normalized spacial score (nSPS) is 28.5. The van der Waals surface area contributed by atoms with Gasteiger partial charge in [0.15, 0.2) is 0 Å². The van der Waals surface area contributed by atoms with Gasteiger partial charge in [-0.2, -0.15) is 53.7 Å². The van der Waals surface area contributed by atoms with Crippen molar-refractivity contribution in [1.82, 2.24) is 14.8 Å². The molecule has 0 aromatic carbocycles. The van der Waals surface area contributed by atoms with E-state index >= 15 is 0 Å². The Morgan fingerprint density at radius 1 is 0.750 bits per heavy atom. The maximum absolute atomic E-state index is 13.2. The van der Waals surface area contributed by atoms with E-state index in [0.29, 0.717) is 0 Å². The van der Waals surface area contributed by atoms with Gasteiger partial charge in [-0.05, 0) is 0 Å². The summed E-state index contributed by atoms with van der Waals surface area (Å²) in [6, 6.07) is -6.13. The van der Waals surface area contributed by atoms with Crippen LogP contribution in [-0.4, -0.2) is 32.5 Å². The summed E-state index contributed by atoms with van der Waals surface area (Å²) in [4.78, 5) is 2.27. The van der Waals surface area contributed by atoms with Crippen LogP contribution in [0.25, 0.3) is 0 Å². The molecule has 0 spiro atoms. The number of alkyl halides is 10. The first-order valence-electron chi connectivity index (χ1n) is 4.53. The van der Waals surface area contributed by atoms with Crippen molar-refractivity contribution in [2.75, 3.05) is 0 Å². The minimum Gasteiger partial charge on any atom is -0.213 e. The minimum atomic E-state index is -7.05. The van der Waals surface area contributed by atoms with Crippen molar-refractivity contribution < 1.29 is 43.9 Å². The smallest absolute Gasteiger partial charge is 0.213 e. The number of rotatable bonds is 0. The zero-order chi connectivity index (χ0) is 15.8. The molecule has 1 aliphatic heterocycles. The third kappa shape index (κ3) is 1.23. The van der Waals surface area contributed by atoms with E-state index in [1.165, 1.54) is 0 Å². The van der Waals surface area contributed by atoms with Crippen molar-refractivity contribution in [3.8, 4) is 0 Å². The third-order valence-electron chi connectivity index (χ3n) is 2.66. The van der Waals surface area contributed by atoms with Crippen LogP contribution in [0.4, 0.5) is 43.9 Å². The summed E-state index contributed by atoms with van der Waals surface area (Å²) < 4.78 is 129. The molecule has 0 radical (unpaired) electrons. The maximum Gasteiger partial charge on any atom is 0.414 e. The summed E-state index contributed by atoms with van der Waals surface area (Å²) in [6.45, 7) is 0. The molecule has 114 valence electrons. The molecule has 2 rings (SSSR count). The zero-order valence-corrected chi connectivity index (χ0v) is 8.70. The van der Waals surface area contributed by atoms with Crippen molar-refractivity contribution >= 4 is 0 Å². The van der Waals surface area contributed by atoms with E-state index < -0.39 is 40.2 Å². The summed E-state index contributed by atoms with van der Waals surface area (Å²) in [5.74, 6) is -29.5. The Morgan fingerprint density at radius 2 is 1.25 bits per heavy atom. The molecular weight excluding hydrogens is 316 g/mol. The van der Waals surface area contributed by atoms with Crippen LogP contribution in [0, 0.1) is 0 Å². The Hall–Kier alpha value is -1.56. The minimum absolute atomic E-state index is 0.160. The van der Waals surface area contributed by atoms with Gasteiger partial charge in [0.1, 0.15) is 6.33 Å². The van der Waals surface area contributed by atoms with Crippen LogP contribution in [0.2, 0.25) is 0 Å². The Labute approximate surface area is 102 Å². The van der Waals surface area contributed by atoms with Gasteiger partial charge in [0, 0.05) is 0 Å². The fourth-order valence-electron chi connectivity index (χ4n) is 1.52. The van der Waals surface area contributed by atoms with Crippen molar-refractivity contribution in [3.05, 3.63) is 12.2 Å². The van der Waals surface area contributed by atoms with E-state index in [1.807, 2.05) is 0 Å². The second-order valence-electron chi connectivity index (χ2n) is 3.83. The van der Waals surface area contributed by atoms with Gasteiger partial charge in [-0.1, -0.05) is 0 Å². The molecule has 0 fully saturated rings. The molecule has 0 N–H and O–H groups in total. The predicted molar refractivity (Wildman–Crippen MR) is 38.9 cm³/mol. The molecule has 1 aromatic heterocycles. The van der Waals surface area contributed by atoms with Crippen LogP contribution in [0.15, 0.2) is 6.33 Å². The molecule has 1 aliphatic rings. The average Bonchev–Trinajstić information content (AvgIpc) is 2.76. The van der Waals surface area contributed by atoms with Crippen LogP contribution in [-0.2, 0) is 12.0 Å². The maximum atomic E-state index is 13.2. The summed E-state index contributed by atoms with van der Waals surface area (Å²) >= 11 is 0. The Bertz CT molecular complexity index is 502. The van der Waals surface area contributed by atoms with Gasteiger partial charge in [-0.15, -0.1) is 0 Å². The zero-order valence-electron chi connectivity index (χ0n) is 8.70. The Morgan fingerprint density at radius 3 is 1.75 bits per heavy atom. The molecule has 0 amide bonds. The lowest BCUT2D eigenvalue weighted by Crippen LogP contribution is -2.63. The lowest BCUT2D eigenvalue weighted by Gasteiger charge is -2.34. The predicted octanol–water partition coefficient (Wildman–Crippen LogP) is 2.84. The van der Waals surface area contributed by atoms with Crippen LogP contribution in [0.5, 0.6) is 0 Å². The number of fused-ring (bicyclic) bond motifs is 1. The number of aromatic nitrogens is 3. The number of hydrogen-bond donors (Lipinski definition) is 0. The topological polar surface area (TPSA) is 30.7 Å². The van der Waals surface area contributed by atoms with Gasteiger partial charge in [-0.3, -0.25) is 0 Å². The average molecular weight is 317 g/mol. The van der Waals surface area contributed by atoms with E-state index in [-0.39, 0.29) is 6.33 Å². The molecule has 0 saturated carbocycles. The fourth-order valence-corrected chi connectivity index (χ4v) is 1.52. The van der Waals surface area contributed by atoms with Crippen LogP contribution in [0.1, 0.15) is 5.82 Å². The molecule has 3 nitrogen and oxygen atoms in total. The van der Waals surface area contributed by atoms with Crippen molar-refractivity contribution in [1.29, 1.82) is 0 Å². The monoisotopic (exact) mass is 317 g/mol. The lowest BCUT2D eigenvalue weighted by atomic mass is 9.99.